The summed E-state index contributed by atoms with van der Waals surface area (Å²) >= 11 is 1.66. The molecule has 1 heterocycles. The molecule has 0 bridgehead atoms. The number of nitrogens with zero attached hydrogens (tertiary/aromatic N) is 2. The SMILES string of the molecule is COc1ccccc1N1CCN(CCNC(=O)CSCc2ccccc2)CC1. The zero-order valence-corrected chi connectivity index (χ0v) is 17.3. The molecule has 1 amide bonds. The number of thioether (sulfide) groups is 1. The lowest BCUT2D eigenvalue weighted by Crippen LogP contribution is -2.48. The number of carbonyl (C=O) groups is 1. The number of para-hydroxylation sites is 2. The number of ether oxygens (including phenoxy) is 1. The van der Waals surface area contributed by atoms with Crippen molar-refractivity contribution in [2.75, 3.05) is 57.0 Å². The van der Waals surface area contributed by atoms with E-state index >= 15 is 0 Å². The number of amides is 1. The van der Waals surface area contributed by atoms with Crippen LogP contribution in [0.25, 0.3) is 0 Å². The molecule has 1 fully saturated rings. The van der Waals surface area contributed by atoms with Gasteiger partial charge in [-0.2, -0.15) is 0 Å². The molecule has 0 atom stereocenters. The van der Waals surface area contributed by atoms with Crippen molar-refractivity contribution in [3.63, 3.8) is 0 Å². The number of benzene rings is 2. The van der Waals surface area contributed by atoms with Crippen molar-refractivity contribution in [2.24, 2.45) is 0 Å². The molecular formula is C22H29N3O2S. The van der Waals surface area contributed by atoms with Crippen molar-refractivity contribution in [3.05, 3.63) is 60.2 Å². The van der Waals surface area contributed by atoms with Crippen molar-refractivity contribution in [3.8, 4) is 5.75 Å². The van der Waals surface area contributed by atoms with Crippen molar-refractivity contribution in [1.29, 1.82) is 0 Å². The summed E-state index contributed by atoms with van der Waals surface area (Å²) in [5, 5.41) is 3.04. The highest BCUT2D eigenvalue weighted by molar-refractivity contribution is 7.99. The molecule has 0 aromatic heterocycles. The van der Waals surface area contributed by atoms with E-state index in [1.807, 2.05) is 30.3 Å². The van der Waals surface area contributed by atoms with Crippen LogP contribution < -0.4 is 15.0 Å². The van der Waals surface area contributed by atoms with Gasteiger partial charge < -0.3 is 15.0 Å². The van der Waals surface area contributed by atoms with E-state index in [1.165, 1.54) is 5.56 Å². The molecule has 150 valence electrons. The molecular weight excluding hydrogens is 370 g/mol. The second kappa shape index (κ2) is 11.0. The van der Waals surface area contributed by atoms with Crippen LogP contribution in [0.5, 0.6) is 5.75 Å². The predicted molar refractivity (Wildman–Crippen MR) is 117 cm³/mol. The summed E-state index contributed by atoms with van der Waals surface area (Å²) in [4.78, 5) is 16.8. The second-order valence-corrected chi connectivity index (χ2v) is 7.81. The molecule has 1 N–H and O–H groups in total. The first-order valence-electron chi connectivity index (χ1n) is 9.75. The quantitative estimate of drug-likeness (QED) is 0.703. The van der Waals surface area contributed by atoms with E-state index in [2.05, 4.69) is 39.4 Å². The number of hydrogen-bond donors (Lipinski definition) is 1. The molecule has 1 aliphatic heterocycles. The van der Waals surface area contributed by atoms with Gasteiger partial charge in [0.05, 0.1) is 18.6 Å². The lowest BCUT2D eigenvalue weighted by molar-refractivity contribution is -0.118. The van der Waals surface area contributed by atoms with Crippen LogP contribution in [0.3, 0.4) is 0 Å². The Labute approximate surface area is 172 Å². The smallest absolute Gasteiger partial charge is 0.230 e. The van der Waals surface area contributed by atoms with Gasteiger partial charge in [-0.15, -0.1) is 11.8 Å². The average molecular weight is 400 g/mol. The number of carbonyl (C=O) groups excluding carboxylic acids is 1. The predicted octanol–water partition coefficient (Wildman–Crippen LogP) is 2.87. The molecule has 2 aromatic carbocycles. The first-order valence-corrected chi connectivity index (χ1v) is 10.9. The van der Waals surface area contributed by atoms with Crippen LogP contribution in [0, 0.1) is 0 Å². The maximum atomic E-state index is 12.0. The van der Waals surface area contributed by atoms with Gasteiger partial charge in [-0.3, -0.25) is 9.69 Å². The van der Waals surface area contributed by atoms with E-state index in [0.717, 1.165) is 49.9 Å². The number of hydrogen-bond acceptors (Lipinski definition) is 5. The van der Waals surface area contributed by atoms with Crippen LogP contribution in [0.15, 0.2) is 54.6 Å². The first kappa shape index (κ1) is 20.6. The summed E-state index contributed by atoms with van der Waals surface area (Å²) in [6, 6.07) is 18.4. The highest BCUT2D eigenvalue weighted by atomic mass is 32.2. The van der Waals surface area contributed by atoms with E-state index < -0.39 is 0 Å². The zero-order chi connectivity index (χ0) is 19.6. The van der Waals surface area contributed by atoms with Crippen LogP contribution in [0.2, 0.25) is 0 Å². The van der Waals surface area contributed by atoms with Crippen LogP contribution in [-0.4, -0.2) is 62.9 Å². The first-order chi connectivity index (χ1) is 13.8. The molecule has 1 saturated heterocycles. The average Bonchev–Trinajstić information content (AvgIpc) is 2.75. The highest BCUT2D eigenvalue weighted by Crippen LogP contribution is 2.28. The summed E-state index contributed by atoms with van der Waals surface area (Å²) in [6.07, 6.45) is 0. The minimum absolute atomic E-state index is 0.119. The number of anilines is 1. The third kappa shape index (κ3) is 6.17. The fourth-order valence-corrected chi connectivity index (χ4v) is 4.16. The van der Waals surface area contributed by atoms with Gasteiger partial charge in [0, 0.05) is 45.0 Å². The maximum Gasteiger partial charge on any atom is 0.230 e. The molecule has 6 heteroatoms. The van der Waals surface area contributed by atoms with Crippen molar-refractivity contribution in [2.45, 2.75) is 5.75 Å². The fourth-order valence-electron chi connectivity index (χ4n) is 3.34. The van der Waals surface area contributed by atoms with Crippen molar-refractivity contribution < 1.29 is 9.53 Å². The molecule has 0 spiro atoms. The van der Waals surface area contributed by atoms with Crippen LogP contribution in [0.4, 0.5) is 5.69 Å². The lowest BCUT2D eigenvalue weighted by Gasteiger charge is -2.36. The zero-order valence-electron chi connectivity index (χ0n) is 16.5. The number of piperazine rings is 1. The largest absolute Gasteiger partial charge is 0.495 e. The second-order valence-electron chi connectivity index (χ2n) is 6.83. The molecule has 1 aliphatic rings. The van der Waals surface area contributed by atoms with Gasteiger partial charge in [0.2, 0.25) is 5.91 Å². The summed E-state index contributed by atoms with van der Waals surface area (Å²) in [7, 11) is 1.72. The molecule has 2 aromatic rings. The number of methoxy groups -OCH3 is 1. The van der Waals surface area contributed by atoms with E-state index in [9.17, 15) is 4.79 Å². The van der Waals surface area contributed by atoms with E-state index in [-0.39, 0.29) is 5.91 Å². The molecule has 0 saturated carbocycles. The van der Waals surface area contributed by atoms with Crippen molar-refractivity contribution >= 4 is 23.4 Å². The summed E-state index contributed by atoms with van der Waals surface area (Å²) in [6.45, 7) is 5.55. The molecule has 0 unspecified atom stereocenters. The normalized spacial score (nSPS) is 14.7. The highest BCUT2D eigenvalue weighted by Gasteiger charge is 2.19. The molecule has 0 radical (unpaired) electrons. The summed E-state index contributed by atoms with van der Waals surface area (Å²) < 4.78 is 5.47. The Morgan fingerprint density at radius 3 is 2.50 bits per heavy atom. The Morgan fingerprint density at radius 2 is 1.75 bits per heavy atom. The lowest BCUT2D eigenvalue weighted by atomic mass is 10.2. The molecule has 28 heavy (non-hydrogen) atoms. The van der Waals surface area contributed by atoms with Crippen LogP contribution >= 0.6 is 11.8 Å². The topological polar surface area (TPSA) is 44.8 Å². The van der Waals surface area contributed by atoms with Gasteiger partial charge >= 0.3 is 0 Å². The van der Waals surface area contributed by atoms with Gasteiger partial charge in [-0.25, -0.2) is 0 Å². The minimum atomic E-state index is 0.119. The van der Waals surface area contributed by atoms with Gasteiger partial charge in [-0.05, 0) is 17.7 Å². The molecule has 5 nitrogen and oxygen atoms in total. The van der Waals surface area contributed by atoms with Gasteiger partial charge in [-0.1, -0.05) is 42.5 Å². The third-order valence-electron chi connectivity index (χ3n) is 4.89. The Hall–Kier alpha value is -2.18. The van der Waals surface area contributed by atoms with Gasteiger partial charge in [0.25, 0.3) is 0 Å². The third-order valence-corrected chi connectivity index (χ3v) is 5.90. The number of nitrogens with one attached hydrogen (secondary N) is 1. The van der Waals surface area contributed by atoms with Crippen LogP contribution in [-0.2, 0) is 10.5 Å². The summed E-state index contributed by atoms with van der Waals surface area (Å²) in [5.74, 6) is 2.43. The van der Waals surface area contributed by atoms with Crippen LogP contribution in [0.1, 0.15) is 5.56 Å². The molecule has 0 aliphatic carbocycles. The minimum Gasteiger partial charge on any atom is -0.495 e. The monoisotopic (exact) mass is 399 g/mol. The Balaban J connectivity index is 1.30. The van der Waals surface area contributed by atoms with Crippen molar-refractivity contribution in [1.82, 2.24) is 10.2 Å². The number of rotatable bonds is 9. The maximum absolute atomic E-state index is 12.0. The fraction of sp³-hybridized carbons (Fsp3) is 0.409. The van der Waals surface area contributed by atoms with Gasteiger partial charge in [0.1, 0.15) is 5.75 Å². The Bertz CT molecular complexity index is 734. The van der Waals surface area contributed by atoms with Gasteiger partial charge in [0.15, 0.2) is 0 Å². The Morgan fingerprint density at radius 1 is 1.04 bits per heavy atom. The van der Waals surface area contributed by atoms with E-state index in [4.69, 9.17) is 4.74 Å². The van der Waals surface area contributed by atoms with E-state index in [1.54, 1.807) is 18.9 Å². The standard InChI is InChI=1S/C22H29N3O2S/c1-27-21-10-6-5-9-20(21)25-15-13-24(14-16-25)12-11-23-22(26)18-28-17-19-7-3-2-4-8-19/h2-10H,11-18H2,1H3,(H,23,26). The van der Waals surface area contributed by atoms with E-state index in [0.29, 0.717) is 12.3 Å². The molecule has 3 rings (SSSR count). The summed E-state index contributed by atoms with van der Waals surface area (Å²) in [5.41, 5.74) is 2.42. The Kier molecular flexibility index (Phi) is 8.06.